The first-order valence-electron chi connectivity index (χ1n) is 12.3. The molecule has 0 spiro atoms. The molecular weight excluding hydrogens is 477 g/mol. The maximum atomic E-state index is 13.7. The first-order valence-corrected chi connectivity index (χ1v) is 13.1. The summed E-state index contributed by atoms with van der Waals surface area (Å²) in [4.78, 5) is 30.0. The molecule has 2 bridgehead atoms. The third-order valence-corrected chi connectivity index (χ3v) is 8.45. The van der Waals surface area contributed by atoms with E-state index in [0.717, 1.165) is 52.1 Å². The first kappa shape index (κ1) is 21.8. The van der Waals surface area contributed by atoms with E-state index >= 15 is 0 Å². The third-order valence-electron chi connectivity index (χ3n) is 7.42. The fourth-order valence-electron chi connectivity index (χ4n) is 5.53. The number of halogens is 1. The van der Waals surface area contributed by atoms with Gasteiger partial charge >= 0.3 is 0 Å². The number of anilines is 4. The fourth-order valence-corrected chi connectivity index (χ4v) is 6.41. The van der Waals surface area contributed by atoms with Crippen molar-refractivity contribution < 1.29 is 4.39 Å². The van der Waals surface area contributed by atoms with Crippen molar-refractivity contribution in [2.45, 2.75) is 31.1 Å². The van der Waals surface area contributed by atoms with Crippen LogP contribution in [0.1, 0.15) is 12.8 Å². The monoisotopic (exact) mass is 503 g/mol. The quantitative estimate of drug-likeness (QED) is 0.438. The minimum Gasteiger partial charge on any atom is -0.368 e. The number of piperazine rings is 1. The lowest BCUT2D eigenvalue weighted by molar-refractivity contribution is 0.292. The van der Waals surface area contributed by atoms with E-state index in [9.17, 15) is 4.39 Å². The third kappa shape index (κ3) is 3.92. The Hall–Kier alpha value is -3.44. The summed E-state index contributed by atoms with van der Waals surface area (Å²) in [6.45, 7) is 3.22. The molecule has 184 valence electrons. The van der Waals surface area contributed by atoms with Crippen molar-refractivity contribution in [2.75, 3.05) is 48.3 Å². The van der Waals surface area contributed by atoms with E-state index < -0.39 is 6.17 Å². The highest BCUT2D eigenvalue weighted by Crippen LogP contribution is 2.34. The normalized spacial score (nSPS) is 23.8. The molecule has 0 aliphatic carbocycles. The molecule has 36 heavy (non-hydrogen) atoms. The lowest BCUT2D eigenvalue weighted by atomic mass is 10.2. The van der Waals surface area contributed by atoms with E-state index in [1.165, 1.54) is 6.42 Å². The molecule has 0 amide bonds. The van der Waals surface area contributed by atoms with Gasteiger partial charge in [0.05, 0.1) is 22.6 Å². The molecule has 0 aromatic carbocycles. The lowest BCUT2D eigenvalue weighted by Gasteiger charge is -2.32. The summed E-state index contributed by atoms with van der Waals surface area (Å²) in [5, 5.41) is 4.11. The molecule has 3 aliphatic rings. The molecule has 11 heteroatoms. The van der Waals surface area contributed by atoms with Gasteiger partial charge in [-0.3, -0.25) is 14.9 Å². The molecule has 3 aliphatic heterocycles. The van der Waals surface area contributed by atoms with Gasteiger partial charge in [-0.1, -0.05) is 0 Å². The van der Waals surface area contributed by atoms with E-state index in [1.54, 1.807) is 23.7 Å². The summed E-state index contributed by atoms with van der Waals surface area (Å²) in [5.74, 6) is 2.24. The maximum absolute atomic E-state index is 13.7. The van der Waals surface area contributed by atoms with E-state index in [0.29, 0.717) is 36.7 Å². The maximum Gasteiger partial charge on any atom is 0.152 e. The van der Waals surface area contributed by atoms with E-state index in [4.69, 9.17) is 9.97 Å². The Kier molecular flexibility index (Phi) is 5.21. The smallest absolute Gasteiger partial charge is 0.152 e. The highest BCUT2D eigenvalue weighted by atomic mass is 32.1. The predicted octanol–water partition coefficient (Wildman–Crippen LogP) is 3.73. The van der Waals surface area contributed by atoms with Gasteiger partial charge < -0.3 is 15.1 Å². The van der Waals surface area contributed by atoms with Crippen LogP contribution in [0, 0.1) is 0 Å². The molecule has 0 unspecified atom stereocenters. The SMILES string of the molecule is CN1C[C@@H]2C[C@H]1CN2c1cncc(Nc2cc3nc(-c4cc(N5CC[C@@H](F)C5)ccn4)sc3cn2)n1. The van der Waals surface area contributed by atoms with Gasteiger partial charge in [-0.15, -0.1) is 11.3 Å². The van der Waals surface area contributed by atoms with Crippen molar-refractivity contribution in [1.29, 1.82) is 0 Å². The molecule has 7 rings (SSSR count). The van der Waals surface area contributed by atoms with Crippen LogP contribution in [-0.2, 0) is 0 Å². The van der Waals surface area contributed by atoms with Crippen LogP contribution in [0.3, 0.4) is 0 Å². The van der Waals surface area contributed by atoms with Gasteiger partial charge in [0.25, 0.3) is 0 Å². The Morgan fingerprint density at radius 3 is 2.78 bits per heavy atom. The van der Waals surface area contributed by atoms with Gasteiger partial charge in [-0.05, 0) is 32.0 Å². The molecule has 7 heterocycles. The topological polar surface area (TPSA) is 86.2 Å². The molecule has 0 radical (unpaired) electrons. The van der Waals surface area contributed by atoms with Gasteiger partial charge in [0.15, 0.2) is 5.82 Å². The minimum absolute atomic E-state index is 0.433. The molecule has 1 N–H and O–H groups in total. The minimum atomic E-state index is -0.765. The van der Waals surface area contributed by atoms with Crippen LogP contribution < -0.4 is 15.1 Å². The number of hydrogen-bond donors (Lipinski definition) is 1. The Morgan fingerprint density at radius 2 is 1.97 bits per heavy atom. The van der Waals surface area contributed by atoms with E-state index in [-0.39, 0.29) is 0 Å². The van der Waals surface area contributed by atoms with Gasteiger partial charge in [0, 0.05) is 62.4 Å². The summed E-state index contributed by atoms with van der Waals surface area (Å²) >= 11 is 1.55. The molecule has 4 aromatic rings. The zero-order valence-electron chi connectivity index (χ0n) is 19.9. The van der Waals surface area contributed by atoms with E-state index in [1.807, 2.05) is 30.6 Å². The van der Waals surface area contributed by atoms with Gasteiger partial charge in [-0.25, -0.2) is 19.3 Å². The molecule has 4 aromatic heterocycles. The highest BCUT2D eigenvalue weighted by molar-refractivity contribution is 7.21. The number of aromatic nitrogens is 5. The molecule has 3 saturated heterocycles. The summed E-state index contributed by atoms with van der Waals surface area (Å²) < 4.78 is 14.7. The zero-order valence-corrected chi connectivity index (χ0v) is 20.7. The number of rotatable bonds is 5. The van der Waals surface area contributed by atoms with Gasteiger partial charge in [0.2, 0.25) is 0 Å². The van der Waals surface area contributed by atoms with Crippen LogP contribution >= 0.6 is 11.3 Å². The second-order valence-electron chi connectivity index (χ2n) is 9.81. The van der Waals surface area contributed by atoms with Crippen molar-refractivity contribution in [3.05, 3.63) is 43.0 Å². The van der Waals surface area contributed by atoms with Crippen LogP contribution in [0.15, 0.2) is 43.0 Å². The van der Waals surface area contributed by atoms with Crippen molar-refractivity contribution in [2.24, 2.45) is 0 Å². The molecule has 3 fully saturated rings. The average Bonchev–Trinajstić information content (AvgIpc) is 3.67. The second-order valence-corrected chi connectivity index (χ2v) is 10.8. The molecular formula is C25H26FN9S. The summed E-state index contributed by atoms with van der Waals surface area (Å²) in [7, 11) is 2.19. The Balaban J connectivity index is 1.11. The average molecular weight is 504 g/mol. The van der Waals surface area contributed by atoms with Crippen LogP contribution in [-0.4, -0.2) is 81.3 Å². The van der Waals surface area contributed by atoms with Gasteiger partial charge in [0.1, 0.15) is 28.5 Å². The summed E-state index contributed by atoms with van der Waals surface area (Å²) in [6, 6.07) is 6.95. The zero-order chi connectivity index (χ0) is 24.2. The number of hydrogen-bond acceptors (Lipinski definition) is 10. The number of likely N-dealkylation sites (N-methyl/N-ethyl adjacent to an activating group) is 1. The summed E-state index contributed by atoms with van der Waals surface area (Å²) in [5.41, 5.74) is 2.61. The number of alkyl halides is 1. The number of likely N-dealkylation sites (tertiary alicyclic amines) is 1. The standard InChI is InChI=1S/C25H26FN9S/c1-33-13-18-6-17(33)14-35(18)24-11-27-10-23(32-24)31-22-8-19-21(9-29-22)36-25(30-19)20-7-16(2-4-28-20)34-5-3-15(26)12-34/h2,4,7-11,15,17-18H,3,5-6,12-14H2,1H3,(H,29,31,32)/t15-,17+,18+/m1/s1. The van der Waals surface area contributed by atoms with Gasteiger partial charge in [-0.2, -0.15) is 0 Å². The molecule has 3 atom stereocenters. The van der Waals surface area contributed by atoms with Crippen molar-refractivity contribution in [3.63, 3.8) is 0 Å². The number of fused-ring (bicyclic) bond motifs is 3. The van der Waals surface area contributed by atoms with Crippen molar-refractivity contribution in [1.82, 2.24) is 29.8 Å². The largest absolute Gasteiger partial charge is 0.368 e. The number of thiazole rings is 1. The van der Waals surface area contributed by atoms with E-state index in [2.05, 4.69) is 42.0 Å². The first-order chi connectivity index (χ1) is 17.6. The van der Waals surface area contributed by atoms with Crippen LogP contribution in [0.5, 0.6) is 0 Å². The number of pyridine rings is 2. The van der Waals surface area contributed by atoms with Crippen molar-refractivity contribution >= 4 is 44.7 Å². The lowest BCUT2D eigenvalue weighted by Crippen LogP contribution is -2.44. The van der Waals surface area contributed by atoms with Crippen molar-refractivity contribution in [3.8, 4) is 10.7 Å². The Morgan fingerprint density at radius 1 is 1.03 bits per heavy atom. The highest BCUT2D eigenvalue weighted by Gasteiger charge is 2.42. The molecule has 9 nitrogen and oxygen atoms in total. The van der Waals surface area contributed by atoms with Crippen LogP contribution in [0.2, 0.25) is 0 Å². The van der Waals surface area contributed by atoms with Crippen LogP contribution in [0.4, 0.5) is 27.5 Å². The Bertz CT molecular complexity index is 1430. The number of nitrogens with zero attached hydrogens (tertiary/aromatic N) is 8. The Labute approximate surface area is 212 Å². The number of nitrogens with one attached hydrogen (secondary N) is 1. The molecule has 0 saturated carbocycles. The van der Waals surface area contributed by atoms with Crippen LogP contribution in [0.25, 0.3) is 20.9 Å². The summed E-state index contributed by atoms with van der Waals surface area (Å²) in [6.07, 6.45) is 8.14. The second kappa shape index (κ2) is 8.59. The fraction of sp³-hybridized carbons (Fsp3) is 0.400. The predicted molar refractivity (Wildman–Crippen MR) is 140 cm³/mol.